The van der Waals surface area contributed by atoms with Crippen LogP contribution in [0.25, 0.3) is 6.08 Å². The summed E-state index contributed by atoms with van der Waals surface area (Å²) in [6, 6.07) is 3.43. The molecule has 1 rings (SSSR count). The van der Waals surface area contributed by atoms with Crippen molar-refractivity contribution in [2.45, 2.75) is 135 Å². The Balaban J connectivity index is 3.11. The van der Waals surface area contributed by atoms with Gasteiger partial charge in [0.2, 0.25) is 0 Å². The van der Waals surface area contributed by atoms with E-state index in [4.69, 9.17) is 42.0 Å². The van der Waals surface area contributed by atoms with Crippen molar-refractivity contribution >= 4 is 28.7 Å². The van der Waals surface area contributed by atoms with Gasteiger partial charge in [0.15, 0.2) is 30.2 Å². The molecule has 0 bridgehead atoms. The normalized spacial score (nSPS) is 14.2. The van der Waals surface area contributed by atoms with E-state index in [0.29, 0.717) is 49.1 Å². The standard InChI is InChI=1S/C39H72O10Si2/c1-31(48-50(11,12)38(2,3)4)19-18-22-33(49-51(13,14)39(5,6)7)21-17-15-16-20-32-27-34(46-29-44-25-23-41-8)28-35(36(32)37(40)43-10)47-30-45-26-24-42-9/h16,20,27-28,31,33H,15,17-19,21-26,29-30H2,1-14H3/b20-16+/t31-,33+/m0/s1. The van der Waals surface area contributed by atoms with Crippen LogP contribution in [0, 0.1) is 0 Å². The van der Waals surface area contributed by atoms with Crippen LogP contribution in [0.1, 0.15) is 103 Å². The molecule has 0 saturated heterocycles. The average molecular weight is 757 g/mol. The fourth-order valence-corrected chi connectivity index (χ4v) is 7.68. The Morgan fingerprint density at radius 1 is 0.745 bits per heavy atom. The Kier molecular flexibility index (Phi) is 21.4. The molecular weight excluding hydrogens is 685 g/mol. The summed E-state index contributed by atoms with van der Waals surface area (Å²) in [4.78, 5) is 13.0. The predicted octanol–water partition coefficient (Wildman–Crippen LogP) is 9.63. The van der Waals surface area contributed by atoms with Gasteiger partial charge >= 0.3 is 5.97 Å². The van der Waals surface area contributed by atoms with Crippen LogP contribution in [0.2, 0.25) is 36.3 Å². The van der Waals surface area contributed by atoms with Crippen LogP contribution in [0.15, 0.2) is 18.2 Å². The minimum absolute atomic E-state index is 0.0185. The van der Waals surface area contributed by atoms with Crippen molar-refractivity contribution < 1.29 is 46.8 Å². The van der Waals surface area contributed by atoms with Gasteiger partial charge in [0.25, 0.3) is 0 Å². The van der Waals surface area contributed by atoms with Crippen LogP contribution in [0.4, 0.5) is 0 Å². The number of ether oxygens (including phenoxy) is 7. The number of carbonyl (C=O) groups is 1. The molecule has 1 aromatic carbocycles. The minimum atomic E-state index is -1.96. The molecular formula is C39H72O10Si2. The van der Waals surface area contributed by atoms with Crippen LogP contribution in [-0.4, -0.2) is 96.2 Å². The summed E-state index contributed by atoms with van der Waals surface area (Å²) in [6.45, 7) is 26.9. The third-order valence-corrected chi connectivity index (χ3v) is 19.0. The second-order valence-corrected chi connectivity index (χ2v) is 25.7. The van der Waals surface area contributed by atoms with E-state index in [1.54, 1.807) is 26.4 Å². The number of hydrogen-bond donors (Lipinski definition) is 0. The molecule has 0 amide bonds. The summed E-state index contributed by atoms with van der Waals surface area (Å²) >= 11 is 0. The van der Waals surface area contributed by atoms with Gasteiger partial charge in [0.1, 0.15) is 17.1 Å². The number of rotatable bonds is 26. The van der Waals surface area contributed by atoms with Crippen LogP contribution in [0.5, 0.6) is 11.5 Å². The third-order valence-electron chi connectivity index (χ3n) is 9.87. The predicted molar refractivity (Wildman–Crippen MR) is 211 cm³/mol. The maximum Gasteiger partial charge on any atom is 0.342 e. The zero-order chi connectivity index (χ0) is 38.7. The molecule has 10 nitrogen and oxygen atoms in total. The van der Waals surface area contributed by atoms with E-state index >= 15 is 0 Å². The van der Waals surface area contributed by atoms with Crippen molar-refractivity contribution in [2.24, 2.45) is 0 Å². The van der Waals surface area contributed by atoms with E-state index in [2.05, 4.69) is 80.7 Å². The second kappa shape index (κ2) is 23.1. The van der Waals surface area contributed by atoms with E-state index in [9.17, 15) is 4.79 Å². The Morgan fingerprint density at radius 3 is 1.84 bits per heavy atom. The number of allylic oxidation sites excluding steroid dienone is 1. The number of carbonyl (C=O) groups excluding carboxylic acids is 1. The zero-order valence-electron chi connectivity index (χ0n) is 34.5. The zero-order valence-corrected chi connectivity index (χ0v) is 36.5. The number of hydrogen-bond acceptors (Lipinski definition) is 10. The number of esters is 1. The van der Waals surface area contributed by atoms with Gasteiger partial charge in [-0.15, -0.1) is 0 Å². The third kappa shape index (κ3) is 17.7. The fourth-order valence-electron chi connectivity index (χ4n) is 4.78. The first-order chi connectivity index (χ1) is 23.8. The molecule has 51 heavy (non-hydrogen) atoms. The highest BCUT2D eigenvalue weighted by atomic mass is 28.4. The molecule has 0 aromatic heterocycles. The maximum atomic E-state index is 13.0. The molecule has 0 saturated carbocycles. The molecule has 12 heteroatoms. The van der Waals surface area contributed by atoms with Gasteiger partial charge in [-0.2, -0.15) is 0 Å². The molecule has 0 N–H and O–H groups in total. The lowest BCUT2D eigenvalue weighted by atomic mass is 10.0. The largest absolute Gasteiger partial charge is 0.467 e. The summed E-state index contributed by atoms with van der Waals surface area (Å²) in [6.07, 6.45) is 10.2. The lowest BCUT2D eigenvalue weighted by molar-refractivity contribution is -0.0120. The Hall–Kier alpha value is -1.78. The number of methoxy groups -OCH3 is 3. The van der Waals surface area contributed by atoms with Crippen molar-refractivity contribution in [3.63, 3.8) is 0 Å². The summed E-state index contributed by atoms with van der Waals surface area (Å²) < 4.78 is 51.6. The van der Waals surface area contributed by atoms with Gasteiger partial charge < -0.3 is 42.0 Å². The molecule has 0 aliphatic carbocycles. The number of benzene rings is 1. The first kappa shape index (κ1) is 47.2. The lowest BCUT2D eigenvalue weighted by Gasteiger charge is -2.40. The molecule has 0 fully saturated rings. The highest BCUT2D eigenvalue weighted by molar-refractivity contribution is 6.74. The topological polar surface area (TPSA) is 100 Å². The number of unbranched alkanes of at least 4 members (excludes halogenated alkanes) is 1. The molecule has 0 heterocycles. The average Bonchev–Trinajstić information content (AvgIpc) is 3.02. The summed E-state index contributed by atoms with van der Waals surface area (Å²) in [5.41, 5.74) is 0.915. The van der Waals surface area contributed by atoms with Gasteiger partial charge in [-0.3, -0.25) is 0 Å². The van der Waals surface area contributed by atoms with Gasteiger partial charge in [0.05, 0.1) is 33.5 Å². The minimum Gasteiger partial charge on any atom is -0.467 e. The van der Waals surface area contributed by atoms with E-state index in [1.807, 2.05) is 6.08 Å². The lowest BCUT2D eigenvalue weighted by Crippen LogP contribution is -2.44. The van der Waals surface area contributed by atoms with Crippen molar-refractivity contribution in [3.8, 4) is 11.5 Å². The van der Waals surface area contributed by atoms with E-state index < -0.39 is 22.6 Å². The fraction of sp³-hybridized carbons (Fsp3) is 0.769. The summed E-state index contributed by atoms with van der Waals surface area (Å²) in [5, 5.41) is 0.324. The first-order valence-electron chi connectivity index (χ1n) is 18.5. The second-order valence-electron chi connectivity index (χ2n) is 16.2. The molecule has 1 aromatic rings. The Bertz CT molecular complexity index is 1160. The molecule has 0 aliphatic heterocycles. The van der Waals surface area contributed by atoms with E-state index in [0.717, 1.165) is 38.5 Å². The van der Waals surface area contributed by atoms with Crippen LogP contribution in [-0.2, 0) is 32.5 Å². The van der Waals surface area contributed by atoms with Crippen LogP contribution in [0.3, 0.4) is 0 Å². The SMILES string of the molecule is COCCOCOc1cc(/C=C/CCC[C@H](CCC[C@H](C)O[Si](C)(C)C(C)(C)C)O[Si](C)(C)C(C)(C)C)c(C(=O)OC)c(OCOCCOC)c1. The molecule has 0 aliphatic rings. The summed E-state index contributed by atoms with van der Waals surface area (Å²) in [5.74, 6) is 0.267. The van der Waals surface area contributed by atoms with Crippen molar-refractivity contribution in [2.75, 3.05) is 61.3 Å². The van der Waals surface area contributed by atoms with Crippen LogP contribution >= 0.6 is 0 Å². The maximum absolute atomic E-state index is 13.0. The molecule has 0 radical (unpaired) electrons. The summed E-state index contributed by atoms with van der Waals surface area (Å²) in [7, 11) is 0.796. The van der Waals surface area contributed by atoms with Gasteiger partial charge in [-0.1, -0.05) is 53.7 Å². The smallest absolute Gasteiger partial charge is 0.342 e. The molecule has 2 atom stereocenters. The van der Waals surface area contributed by atoms with Gasteiger partial charge in [-0.05, 0) is 93.3 Å². The molecule has 0 unspecified atom stereocenters. The Labute approximate surface area is 312 Å². The quantitative estimate of drug-likeness (QED) is 0.0393. The highest BCUT2D eigenvalue weighted by Crippen LogP contribution is 2.40. The molecule has 296 valence electrons. The van der Waals surface area contributed by atoms with E-state index in [1.165, 1.54) is 7.11 Å². The highest BCUT2D eigenvalue weighted by Gasteiger charge is 2.40. The molecule has 0 spiro atoms. The monoisotopic (exact) mass is 756 g/mol. The van der Waals surface area contributed by atoms with Crippen LogP contribution < -0.4 is 9.47 Å². The van der Waals surface area contributed by atoms with Gasteiger partial charge in [-0.25, -0.2) is 4.79 Å². The first-order valence-corrected chi connectivity index (χ1v) is 24.3. The van der Waals surface area contributed by atoms with E-state index in [-0.39, 0.29) is 35.9 Å². The van der Waals surface area contributed by atoms with Crippen molar-refractivity contribution in [1.29, 1.82) is 0 Å². The van der Waals surface area contributed by atoms with Crippen molar-refractivity contribution in [1.82, 2.24) is 0 Å². The Morgan fingerprint density at radius 2 is 1.29 bits per heavy atom. The van der Waals surface area contributed by atoms with Gasteiger partial charge in [0, 0.05) is 32.5 Å². The van der Waals surface area contributed by atoms with Crippen molar-refractivity contribution in [3.05, 3.63) is 29.3 Å².